The molecule has 2 aliphatic heterocycles. The lowest BCUT2D eigenvalue weighted by atomic mass is 9.74. The second-order valence-corrected chi connectivity index (χ2v) is 23.7. The molecule has 0 saturated heterocycles. The van der Waals surface area contributed by atoms with E-state index in [0.717, 1.165) is 34.1 Å². The van der Waals surface area contributed by atoms with Gasteiger partial charge >= 0.3 is 0 Å². The van der Waals surface area contributed by atoms with Crippen LogP contribution in [-0.2, 0) is 5.41 Å². The Bertz CT molecular complexity index is 2420. The molecule has 0 N–H and O–H groups in total. The molecule has 0 amide bonds. The monoisotopic (exact) mass is 716 g/mol. The number of hydrogen-bond acceptors (Lipinski definition) is 3. The van der Waals surface area contributed by atoms with Gasteiger partial charge in [-0.15, -0.1) is 0 Å². The molecule has 5 heteroatoms. The van der Waals surface area contributed by atoms with Crippen molar-refractivity contribution in [3.63, 3.8) is 0 Å². The van der Waals surface area contributed by atoms with E-state index in [1.807, 2.05) is 0 Å². The van der Waals surface area contributed by atoms with Crippen LogP contribution in [0.1, 0.15) is 47.2 Å². The van der Waals surface area contributed by atoms with Crippen LogP contribution >= 0.6 is 0 Å². The number of ether oxygens (including phenoxy) is 1. The fourth-order valence-corrected chi connectivity index (χ4v) is 13.1. The summed E-state index contributed by atoms with van der Waals surface area (Å²) in [6, 6.07) is 39.4. The second kappa shape index (κ2) is 12.1. The topological polar surface area (TPSA) is 27.7 Å². The highest BCUT2D eigenvalue weighted by Crippen LogP contribution is 2.52. The molecule has 262 valence electrons. The fraction of sp³-hybridized carbons (Fsp3) is 0.234. The average Bonchev–Trinajstić information content (AvgIpc) is 3.09. The number of para-hydroxylation sites is 4. The average molecular weight is 717 g/mol. The van der Waals surface area contributed by atoms with Gasteiger partial charge in [0.25, 0.3) is 16.6 Å². The van der Waals surface area contributed by atoms with Crippen molar-refractivity contribution in [2.24, 2.45) is 0 Å². The second-order valence-electron chi connectivity index (χ2n) is 16.2. The first-order valence-corrected chi connectivity index (χ1v) is 24.3. The lowest BCUT2D eigenvalue weighted by Crippen LogP contribution is -2.57. The minimum absolute atomic E-state index is 0.182. The van der Waals surface area contributed by atoms with Gasteiger partial charge < -0.3 is 13.6 Å². The van der Waals surface area contributed by atoms with Crippen molar-refractivity contribution in [3.05, 3.63) is 143 Å². The van der Waals surface area contributed by atoms with Crippen molar-refractivity contribution >= 4 is 27.0 Å². The summed E-state index contributed by atoms with van der Waals surface area (Å²) < 4.78 is 21.1. The van der Waals surface area contributed by atoms with E-state index in [2.05, 4.69) is 177 Å². The van der Waals surface area contributed by atoms with Gasteiger partial charge in [0.05, 0.1) is 0 Å². The van der Waals surface area contributed by atoms with E-state index in [-0.39, 0.29) is 5.41 Å². The van der Waals surface area contributed by atoms with Gasteiger partial charge in [0.1, 0.15) is 23.0 Å². The number of fused-ring (bicyclic) bond motifs is 4. The molecule has 3 nitrogen and oxygen atoms in total. The van der Waals surface area contributed by atoms with Crippen LogP contribution in [0.5, 0.6) is 23.0 Å². The Morgan fingerprint density at radius 1 is 0.442 bits per heavy atom. The molecule has 0 bridgehead atoms. The molecule has 0 unspecified atom stereocenters. The van der Waals surface area contributed by atoms with E-state index in [4.69, 9.17) is 13.6 Å². The molecular formula is C47H48O3Si2. The van der Waals surface area contributed by atoms with Crippen LogP contribution in [0.3, 0.4) is 0 Å². The van der Waals surface area contributed by atoms with E-state index in [0.29, 0.717) is 0 Å². The molecule has 0 atom stereocenters. The molecule has 0 fully saturated rings. The first kappa shape index (κ1) is 34.3. The van der Waals surface area contributed by atoms with Crippen LogP contribution < -0.4 is 24.0 Å². The highest BCUT2D eigenvalue weighted by atomic mass is 28.4. The van der Waals surface area contributed by atoms with Crippen LogP contribution in [0, 0.1) is 27.7 Å². The third kappa shape index (κ3) is 5.28. The summed E-state index contributed by atoms with van der Waals surface area (Å²) in [5, 5.41) is 2.41. The highest BCUT2D eigenvalue weighted by Gasteiger charge is 2.41. The van der Waals surface area contributed by atoms with E-state index < -0.39 is 16.6 Å². The Morgan fingerprint density at radius 3 is 1.60 bits per heavy atom. The maximum atomic E-state index is 7.32. The van der Waals surface area contributed by atoms with Gasteiger partial charge in [-0.1, -0.05) is 111 Å². The molecule has 0 radical (unpaired) electrons. The molecule has 2 heterocycles. The van der Waals surface area contributed by atoms with Crippen molar-refractivity contribution in [2.45, 2.75) is 73.1 Å². The maximum Gasteiger partial charge on any atom is 0.280 e. The summed E-state index contributed by atoms with van der Waals surface area (Å²) in [4.78, 5) is 0. The van der Waals surface area contributed by atoms with Gasteiger partial charge in [-0.05, 0) is 111 Å². The van der Waals surface area contributed by atoms with Crippen molar-refractivity contribution in [3.8, 4) is 56.4 Å². The normalized spacial score (nSPS) is 16.0. The van der Waals surface area contributed by atoms with E-state index >= 15 is 0 Å². The third-order valence-electron chi connectivity index (χ3n) is 11.6. The number of benzene rings is 6. The first-order valence-electron chi connectivity index (χ1n) is 18.4. The highest BCUT2D eigenvalue weighted by molar-refractivity contribution is 6.89. The lowest BCUT2D eigenvalue weighted by Gasteiger charge is -2.37. The zero-order valence-electron chi connectivity index (χ0n) is 32.1. The molecule has 8 rings (SSSR count). The summed E-state index contributed by atoms with van der Waals surface area (Å²) in [6.07, 6.45) is 0. The number of aryl methyl sites for hydroxylation is 2. The van der Waals surface area contributed by atoms with Crippen molar-refractivity contribution in [2.75, 3.05) is 0 Å². The summed E-state index contributed by atoms with van der Waals surface area (Å²) in [6.45, 7) is 22.8. The summed E-state index contributed by atoms with van der Waals surface area (Å²) in [5.41, 5.74) is 14.4. The predicted octanol–water partition coefficient (Wildman–Crippen LogP) is 11.6. The Morgan fingerprint density at radius 2 is 0.942 bits per heavy atom. The molecule has 2 aliphatic rings. The largest absolute Gasteiger partial charge is 0.539 e. The summed E-state index contributed by atoms with van der Waals surface area (Å²) in [5.74, 6) is 3.86. The molecule has 0 saturated carbocycles. The van der Waals surface area contributed by atoms with Crippen molar-refractivity contribution in [1.29, 1.82) is 0 Å². The van der Waals surface area contributed by atoms with Crippen LogP contribution in [0.25, 0.3) is 33.4 Å². The van der Waals surface area contributed by atoms with Gasteiger partial charge in [-0.3, -0.25) is 0 Å². The molecule has 0 aromatic heterocycles. The third-order valence-corrected chi connectivity index (χ3v) is 16.4. The SMILES string of the molecule is Cc1ccc(-c2ccc(C)c(-c3cccc4c3O[Si](C)(C)c3ccccc3O[Si]4(C)C)c2C)c(C)c1-c1cccc2c1Oc1ccccc1C2(C)C. The van der Waals surface area contributed by atoms with E-state index in [1.54, 1.807) is 0 Å². The zero-order chi connectivity index (χ0) is 36.7. The molecule has 6 aromatic rings. The standard InChI is InChI=1S/C47H48O3Si2/c1-29-25-27-33(31(3)43(29)35-17-15-20-38-45(35)48-39-21-12-11-19-37(39)47(38,5)6)34-28-26-30(2)44(32(34)4)36-18-16-24-42-46(36)50-51(7,8)41-23-14-13-22-40(41)49-52(42,9)10/h11-28H,1-10H3. The zero-order valence-corrected chi connectivity index (χ0v) is 34.1. The van der Waals surface area contributed by atoms with E-state index in [9.17, 15) is 0 Å². The van der Waals surface area contributed by atoms with Crippen LogP contribution in [0.2, 0.25) is 26.2 Å². The minimum atomic E-state index is -2.40. The predicted molar refractivity (Wildman–Crippen MR) is 222 cm³/mol. The maximum absolute atomic E-state index is 7.32. The van der Waals surface area contributed by atoms with Gasteiger partial charge in [-0.2, -0.15) is 0 Å². The van der Waals surface area contributed by atoms with Crippen LogP contribution in [0.15, 0.2) is 109 Å². The lowest BCUT2D eigenvalue weighted by molar-refractivity contribution is 0.419. The minimum Gasteiger partial charge on any atom is -0.539 e. The molecule has 6 aromatic carbocycles. The van der Waals surface area contributed by atoms with Crippen LogP contribution in [0.4, 0.5) is 0 Å². The quantitative estimate of drug-likeness (QED) is 0.171. The van der Waals surface area contributed by atoms with Gasteiger partial charge in [-0.25, -0.2) is 0 Å². The first-order chi connectivity index (χ1) is 24.7. The van der Waals surface area contributed by atoms with E-state index in [1.165, 1.54) is 66.0 Å². The summed E-state index contributed by atoms with van der Waals surface area (Å²) in [7, 11) is -4.81. The number of rotatable bonds is 3. The summed E-state index contributed by atoms with van der Waals surface area (Å²) >= 11 is 0. The van der Waals surface area contributed by atoms with Gasteiger partial charge in [0.15, 0.2) is 0 Å². The Balaban J connectivity index is 1.30. The number of hydrogen-bond donors (Lipinski definition) is 0. The Labute approximate surface area is 311 Å². The molecule has 0 spiro atoms. The Kier molecular flexibility index (Phi) is 7.98. The smallest absolute Gasteiger partial charge is 0.280 e. The van der Waals surface area contributed by atoms with Crippen molar-refractivity contribution < 1.29 is 13.6 Å². The van der Waals surface area contributed by atoms with Gasteiger partial charge in [0.2, 0.25) is 0 Å². The molecular weight excluding hydrogens is 669 g/mol. The van der Waals surface area contributed by atoms with Crippen molar-refractivity contribution in [1.82, 2.24) is 0 Å². The van der Waals surface area contributed by atoms with Gasteiger partial charge in [0, 0.05) is 38.0 Å². The van der Waals surface area contributed by atoms with Crippen LogP contribution in [-0.4, -0.2) is 16.6 Å². The molecule has 0 aliphatic carbocycles. The Hall–Kier alpha value is -4.85. The molecule has 52 heavy (non-hydrogen) atoms. The fourth-order valence-electron chi connectivity index (χ4n) is 8.78.